The third-order valence-electron chi connectivity index (χ3n) is 2.16. The van der Waals surface area contributed by atoms with Crippen LogP contribution in [0.25, 0.3) is 0 Å². The predicted molar refractivity (Wildman–Crippen MR) is 53.0 cm³/mol. The van der Waals surface area contributed by atoms with Gasteiger partial charge in [-0.25, -0.2) is 4.79 Å². The molecule has 6 nitrogen and oxygen atoms in total. The fourth-order valence-corrected chi connectivity index (χ4v) is 1.27. The second-order valence-electron chi connectivity index (χ2n) is 3.70. The number of aliphatic hydroxyl groups is 1. The monoisotopic (exact) mass is 273 g/mol. The number of halogens is 3. The zero-order valence-electron chi connectivity index (χ0n) is 9.35. The maximum absolute atomic E-state index is 10.6. The summed E-state index contributed by atoms with van der Waals surface area (Å²) >= 11 is 0. The number of hydrogen-bond donors (Lipinski definition) is 3. The first-order valence-electron chi connectivity index (χ1n) is 5.05. The zero-order chi connectivity index (χ0) is 14.3. The quantitative estimate of drug-likeness (QED) is 0.663. The third-order valence-corrected chi connectivity index (χ3v) is 2.16. The number of carboxylic acid groups (broad SMARTS) is 2. The largest absolute Gasteiger partial charge is 0.490 e. The number of carboxylic acids is 2. The summed E-state index contributed by atoms with van der Waals surface area (Å²) < 4.78 is 31.7. The molecule has 0 aromatic carbocycles. The molecule has 0 spiro atoms. The molecule has 0 aromatic heterocycles. The van der Waals surface area contributed by atoms with Crippen LogP contribution in [-0.4, -0.2) is 64.1 Å². The van der Waals surface area contributed by atoms with Gasteiger partial charge in [0.05, 0.1) is 12.6 Å². The van der Waals surface area contributed by atoms with Crippen LogP contribution in [0.4, 0.5) is 13.2 Å². The number of piperidine rings is 1. The number of nitrogens with zero attached hydrogens (tertiary/aromatic N) is 1. The van der Waals surface area contributed by atoms with Crippen molar-refractivity contribution in [3.63, 3.8) is 0 Å². The van der Waals surface area contributed by atoms with Crippen molar-refractivity contribution >= 4 is 11.9 Å². The molecule has 0 aromatic rings. The summed E-state index contributed by atoms with van der Waals surface area (Å²) in [6.07, 6.45) is -3.90. The van der Waals surface area contributed by atoms with E-state index < -0.39 is 18.1 Å². The Balaban J connectivity index is 0.000000360. The number of aliphatic hydroxyl groups excluding tert-OH is 1. The first kappa shape index (κ1) is 16.6. The minimum Gasteiger partial charge on any atom is -0.480 e. The SMILES string of the molecule is O=C(O)C(F)(F)F.O=C(O)CN1CCC(O)CC1. The van der Waals surface area contributed by atoms with E-state index in [1.807, 2.05) is 4.90 Å². The normalized spacial score (nSPS) is 17.8. The molecule has 1 aliphatic rings. The second-order valence-corrected chi connectivity index (χ2v) is 3.70. The van der Waals surface area contributed by atoms with Crippen molar-refractivity contribution in [2.24, 2.45) is 0 Å². The Morgan fingerprint density at radius 1 is 1.17 bits per heavy atom. The Labute approximate surface area is 101 Å². The van der Waals surface area contributed by atoms with Crippen LogP contribution in [0.5, 0.6) is 0 Å². The molecule has 0 unspecified atom stereocenters. The molecule has 1 heterocycles. The molecule has 0 radical (unpaired) electrons. The van der Waals surface area contributed by atoms with Crippen molar-refractivity contribution in [2.75, 3.05) is 19.6 Å². The van der Waals surface area contributed by atoms with Crippen LogP contribution in [0.2, 0.25) is 0 Å². The van der Waals surface area contributed by atoms with Crippen LogP contribution in [0.3, 0.4) is 0 Å². The van der Waals surface area contributed by atoms with Crippen LogP contribution >= 0.6 is 0 Å². The number of alkyl halides is 3. The van der Waals surface area contributed by atoms with Gasteiger partial charge < -0.3 is 15.3 Å². The fraction of sp³-hybridized carbons (Fsp3) is 0.778. The molecule has 3 N–H and O–H groups in total. The van der Waals surface area contributed by atoms with Crippen LogP contribution in [0.1, 0.15) is 12.8 Å². The van der Waals surface area contributed by atoms with Crippen molar-refractivity contribution < 1.29 is 38.1 Å². The first-order valence-corrected chi connectivity index (χ1v) is 5.05. The molecule has 1 aliphatic heterocycles. The van der Waals surface area contributed by atoms with E-state index in [-0.39, 0.29) is 12.6 Å². The van der Waals surface area contributed by atoms with Gasteiger partial charge in [0.1, 0.15) is 0 Å². The van der Waals surface area contributed by atoms with E-state index in [4.69, 9.17) is 20.1 Å². The molecule has 1 saturated heterocycles. The summed E-state index contributed by atoms with van der Waals surface area (Å²) in [5.41, 5.74) is 0. The van der Waals surface area contributed by atoms with Crippen molar-refractivity contribution in [1.82, 2.24) is 4.90 Å². The van der Waals surface area contributed by atoms with E-state index >= 15 is 0 Å². The Morgan fingerprint density at radius 3 is 1.83 bits per heavy atom. The predicted octanol–water partition coefficient (Wildman–Crippen LogP) is 0.161. The van der Waals surface area contributed by atoms with Crippen LogP contribution in [0.15, 0.2) is 0 Å². The van der Waals surface area contributed by atoms with E-state index in [1.54, 1.807) is 0 Å². The molecule has 0 amide bonds. The highest BCUT2D eigenvalue weighted by Gasteiger charge is 2.38. The maximum atomic E-state index is 10.6. The topological polar surface area (TPSA) is 98.1 Å². The highest BCUT2D eigenvalue weighted by molar-refractivity contribution is 5.73. The molecule has 1 rings (SSSR count). The highest BCUT2D eigenvalue weighted by atomic mass is 19.4. The number of aliphatic carboxylic acids is 2. The van der Waals surface area contributed by atoms with Gasteiger partial charge >= 0.3 is 18.1 Å². The number of likely N-dealkylation sites (tertiary alicyclic amines) is 1. The first-order chi connectivity index (χ1) is 8.12. The van der Waals surface area contributed by atoms with Crippen molar-refractivity contribution in [3.8, 4) is 0 Å². The van der Waals surface area contributed by atoms with Crippen molar-refractivity contribution in [2.45, 2.75) is 25.1 Å². The van der Waals surface area contributed by atoms with E-state index in [0.717, 1.165) is 0 Å². The van der Waals surface area contributed by atoms with Gasteiger partial charge in [-0.15, -0.1) is 0 Å². The van der Waals surface area contributed by atoms with Gasteiger partial charge in [0.2, 0.25) is 0 Å². The molecule has 0 atom stereocenters. The minimum absolute atomic E-state index is 0.104. The van der Waals surface area contributed by atoms with Crippen LogP contribution in [0, 0.1) is 0 Å². The molecule has 0 saturated carbocycles. The summed E-state index contributed by atoms with van der Waals surface area (Å²) in [5.74, 6) is -3.55. The van der Waals surface area contributed by atoms with Crippen LogP contribution in [-0.2, 0) is 9.59 Å². The lowest BCUT2D eigenvalue weighted by Gasteiger charge is -2.27. The van der Waals surface area contributed by atoms with E-state index in [9.17, 15) is 18.0 Å². The van der Waals surface area contributed by atoms with Crippen LogP contribution < -0.4 is 0 Å². The Hall–Kier alpha value is -1.35. The summed E-state index contributed by atoms with van der Waals surface area (Å²) in [5, 5.41) is 24.6. The molecule has 1 fully saturated rings. The number of carbonyl (C=O) groups is 2. The highest BCUT2D eigenvalue weighted by Crippen LogP contribution is 2.13. The summed E-state index contributed by atoms with van der Waals surface area (Å²) in [6.45, 7) is 1.51. The van der Waals surface area contributed by atoms with E-state index in [1.165, 1.54) is 0 Å². The van der Waals surface area contributed by atoms with Gasteiger partial charge in [0.25, 0.3) is 0 Å². The number of rotatable bonds is 2. The molecular weight excluding hydrogens is 259 g/mol. The Kier molecular flexibility index (Phi) is 6.63. The molecule has 0 bridgehead atoms. The smallest absolute Gasteiger partial charge is 0.480 e. The molecular formula is C9H14F3NO5. The lowest BCUT2D eigenvalue weighted by Crippen LogP contribution is -2.38. The maximum Gasteiger partial charge on any atom is 0.490 e. The van der Waals surface area contributed by atoms with Gasteiger partial charge in [-0.05, 0) is 12.8 Å². The fourth-order valence-electron chi connectivity index (χ4n) is 1.27. The van der Waals surface area contributed by atoms with Gasteiger partial charge in [0, 0.05) is 13.1 Å². The third kappa shape index (κ3) is 7.85. The standard InChI is InChI=1S/C7H13NO3.C2HF3O2/c9-6-1-3-8(4-2-6)5-7(10)11;3-2(4,5)1(6)7/h6,9H,1-5H2,(H,10,11);(H,6,7). The minimum atomic E-state index is -5.08. The summed E-state index contributed by atoms with van der Waals surface area (Å²) in [4.78, 5) is 21.0. The Morgan fingerprint density at radius 2 is 1.56 bits per heavy atom. The van der Waals surface area contributed by atoms with E-state index in [0.29, 0.717) is 25.9 Å². The average Bonchev–Trinajstić information content (AvgIpc) is 2.20. The van der Waals surface area contributed by atoms with Gasteiger partial charge in [-0.2, -0.15) is 13.2 Å². The van der Waals surface area contributed by atoms with Crippen molar-refractivity contribution in [1.29, 1.82) is 0 Å². The second kappa shape index (κ2) is 7.17. The lowest BCUT2D eigenvalue weighted by atomic mass is 10.1. The van der Waals surface area contributed by atoms with Gasteiger partial charge in [-0.3, -0.25) is 9.69 Å². The molecule has 18 heavy (non-hydrogen) atoms. The lowest BCUT2D eigenvalue weighted by molar-refractivity contribution is -0.192. The molecule has 106 valence electrons. The van der Waals surface area contributed by atoms with Gasteiger partial charge in [0.15, 0.2) is 0 Å². The average molecular weight is 273 g/mol. The molecule has 0 aliphatic carbocycles. The van der Waals surface area contributed by atoms with Gasteiger partial charge in [-0.1, -0.05) is 0 Å². The zero-order valence-corrected chi connectivity index (χ0v) is 9.35. The van der Waals surface area contributed by atoms with E-state index in [2.05, 4.69) is 0 Å². The van der Waals surface area contributed by atoms with Crippen molar-refractivity contribution in [3.05, 3.63) is 0 Å². The summed E-state index contributed by atoms with van der Waals surface area (Å²) in [6, 6.07) is 0. The number of hydrogen-bond acceptors (Lipinski definition) is 4. The molecule has 9 heteroatoms. The summed E-state index contributed by atoms with van der Waals surface area (Å²) in [7, 11) is 0. The Bertz CT molecular complexity index is 286.